The number of aromatic nitrogens is 4. The zero-order valence-electron chi connectivity index (χ0n) is 29.0. The van der Waals surface area contributed by atoms with Gasteiger partial charge in [0.05, 0.1) is 35.3 Å². The van der Waals surface area contributed by atoms with E-state index in [1.54, 1.807) is 11.1 Å². The van der Waals surface area contributed by atoms with Gasteiger partial charge in [-0.25, -0.2) is 14.8 Å². The van der Waals surface area contributed by atoms with Crippen molar-refractivity contribution >= 4 is 41.3 Å². The second-order valence-corrected chi connectivity index (χ2v) is 13.6. The minimum absolute atomic E-state index is 0.0381. The maximum absolute atomic E-state index is 13.1. The average Bonchev–Trinajstić information content (AvgIpc) is 3.74. The van der Waals surface area contributed by atoms with E-state index < -0.39 is 35.6 Å². The SMILES string of the molecule is Nc1ncc(-c2cnn(C3CCN(CCCN4CCN(C(=O)COc5ccc6c(c5)C(=O)N(C5CCC(=O)NC5=O)C6=O)CC4)CC3)c2)nc1C(=O)O. The third kappa shape index (κ3) is 7.59. The molecule has 4 aliphatic heterocycles. The lowest BCUT2D eigenvalue weighted by molar-refractivity contribution is -0.136. The Labute approximate surface area is 303 Å². The lowest BCUT2D eigenvalue weighted by atomic mass is 10.0. The monoisotopic (exact) mass is 728 g/mol. The van der Waals surface area contributed by atoms with Crippen molar-refractivity contribution in [2.24, 2.45) is 0 Å². The number of nitrogens with zero attached hydrogens (tertiary/aromatic N) is 8. The van der Waals surface area contributed by atoms with E-state index in [0.717, 1.165) is 63.4 Å². The number of anilines is 1. The van der Waals surface area contributed by atoms with Crippen LogP contribution in [0.2, 0.25) is 0 Å². The van der Waals surface area contributed by atoms with Gasteiger partial charge in [-0.3, -0.25) is 43.8 Å². The van der Waals surface area contributed by atoms with Crippen LogP contribution in [0.3, 0.4) is 0 Å². The molecule has 0 saturated carbocycles. The molecule has 53 heavy (non-hydrogen) atoms. The van der Waals surface area contributed by atoms with E-state index >= 15 is 0 Å². The minimum Gasteiger partial charge on any atom is -0.484 e. The molecule has 4 N–H and O–H groups in total. The van der Waals surface area contributed by atoms with Gasteiger partial charge in [-0.2, -0.15) is 5.10 Å². The molecule has 278 valence electrons. The first kappa shape index (κ1) is 35.6. The molecule has 3 saturated heterocycles. The summed E-state index contributed by atoms with van der Waals surface area (Å²) in [5.41, 5.74) is 6.70. The zero-order chi connectivity index (χ0) is 37.2. The minimum atomic E-state index is -1.23. The van der Waals surface area contributed by atoms with E-state index in [1.807, 2.05) is 10.9 Å². The number of fused-ring (bicyclic) bond motifs is 1. The fourth-order valence-electron chi connectivity index (χ4n) is 7.29. The molecule has 0 radical (unpaired) electrons. The van der Waals surface area contributed by atoms with Crippen LogP contribution in [-0.4, -0.2) is 145 Å². The summed E-state index contributed by atoms with van der Waals surface area (Å²) in [6, 6.07) is 3.58. The van der Waals surface area contributed by atoms with Gasteiger partial charge in [0, 0.05) is 57.4 Å². The molecule has 1 aromatic carbocycles. The largest absolute Gasteiger partial charge is 0.484 e. The zero-order valence-corrected chi connectivity index (χ0v) is 29.0. The quantitative estimate of drug-likeness (QED) is 0.226. The number of piperazine rings is 1. The summed E-state index contributed by atoms with van der Waals surface area (Å²) in [4.78, 5) is 89.8. The second-order valence-electron chi connectivity index (χ2n) is 13.6. The van der Waals surface area contributed by atoms with Crippen molar-refractivity contribution in [1.82, 2.24) is 44.7 Å². The van der Waals surface area contributed by atoms with Gasteiger partial charge in [0.2, 0.25) is 11.8 Å². The first-order chi connectivity index (χ1) is 25.5. The van der Waals surface area contributed by atoms with Crippen molar-refractivity contribution in [1.29, 1.82) is 0 Å². The molecule has 18 nitrogen and oxygen atoms in total. The molecular formula is C35H40N10O8. The number of amides is 5. The number of benzene rings is 1. The predicted octanol–water partition coefficient (Wildman–Crippen LogP) is 0.272. The standard InChI is InChI=1S/C35H40N10O8/c36-31-30(35(51)52)39-26(18-37-31)21-17-38-44(19-21)22-6-10-41(11-7-22)8-1-9-42-12-14-43(15-13-42)29(47)20-53-23-2-3-24-25(16-23)34(50)45(33(24)49)27-4-5-28(46)40-32(27)48/h2-3,16-19,22,27H,1,4-15,20H2,(H2,36,37)(H,51,52)(H,40,46,48). The first-order valence-electron chi connectivity index (χ1n) is 17.7. The van der Waals surface area contributed by atoms with E-state index in [-0.39, 0.29) is 59.8 Å². The van der Waals surface area contributed by atoms with Gasteiger partial charge in [-0.1, -0.05) is 0 Å². The normalized spacial score (nSPS) is 20.1. The molecular weight excluding hydrogens is 688 g/mol. The number of hydrogen-bond acceptors (Lipinski definition) is 13. The summed E-state index contributed by atoms with van der Waals surface area (Å²) in [6.45, 7) is 6.26. The number of aromatic carboxylic acids is 1. The van der Waals surface area contributed by atoms with Crippen molar-refractivity contribution in [2.45, 2.75) is 44.2 Å². The van der Waals surface area contributed by atoms with Crippen LogP contribution >= 0.6 is 0 Å². The van der Waals surface area contributed by atoms with Gasteiger partial charge in [0.25, 0.3) is 17.7 Å². The van der Waals surface area contributed by atoms with Crippen molar-refractivity contribution in [3.05, 3.63) is 53.6 Å². The number of likely N-dealkylation sites (tertiary alicyclic amines) is 1. The highest BCUT2D eigenvalue weighted by atomic mass is 16.5. The van der Waals surface area contributed by atoms with E-state index in [9.17, 15) is 33.9 Å². The Bertz CT molecular complexity index is 1950. The molecule has 1 atom stereocenters. The summed E-state index contributed by atoms with van der Waals surface area (Å²) in [6.07, 6.45) is 8.00. The predicted molar refractivity (Wildman–Crippen MR) is 186 cm³/mol. The average molecular weight is 729 g/mol. The Morgan fingerprint density at radius 3 is 2.36 bits per heavy atom. The Morgan fingerprint density at radius 2 is 1.64 bits per heavy atom. The third-order valence-corrected chi connectivity index (χ3v) is 10.3. The first-order valence-corrected chi connectivity index (χ1v) is 17.7. The lowest BCUT2D eigenvalue weighted by Crippen LogP contribution is -2.54. The summed E-state index contributed by atoms with van der Waals surface area (Å²) in [7, 11) is 0. The van der Waals surface area contributed by atoms with Crippen molar-refractivity contribution < 1.29 is 38.6 Å². The van der Waals surface area contributed by atoms with Gasteiger partial charge in [-0.15, -0.1) is 0 Å². The topological polar surface area (TPSA) is 226 Å². The molecule has 1 unspecified atom stereocenters. The maximum Gasteiger partial charge on any atom is 0.358 e. The molecule has 5 amide bonds. The number of nitrogens with two attached hydrogens (primary N) is 1. The molecule has 3 aromatic rings. The molecule has 18 heteroatoms. The van der Waals surface area contributed by atoms with Crippen LogP contribution in [0.25, 0.3) is 11.3 Å². The summed E-state index contributed by atoms with van der Waals surface area (Å²) < 4.78 is 7.65. The Hall–Kier alpha value is -5.75. The number of ether oxygens (including phenoxy) is 1. The molecule has 0 bridgehead atoms. The number of carboxylic acids is 1. The van der Waals surface area contributed by atoms with Crippen molar-refractivity contribution in [2.75, 3.05) is 64.7 Å². The van der Waals surface area contributed by atoms with Crippen LogP contribution in [0.4, 0.5) is 5.82 Å². The number of carboxylic acid groups (broad SMARTS) is 1. The molecule has 6 heterocycles. The van der Waals surface area contributed by atoms with Crippen LogP contribution in [0, 0.1) is 0 Å². The van der Waals surface area contributed by atoms with Crippen molar-refractivity contribution in [3.8, 4) is 17.0 Å². The summed E-state index contributed by atoms with van der Waals surface area (Å²) >= 11 is 0. The van der Waals surface area contributed by atoms with Crippen LogP contribution in [0.15, 0.2) is 36.8 Å². The van der Waals surface area contributed by atoms with Gasteiger partial charge in [-0.05, 0) is 57.0 Å². The van der Waals surface area contributed by atoms with Crippen LogP contribution in [-0.2, 0) is 14.4 Å². The highest BCUT2D eigenvalue weighted by Crippen LogP contribution is 2.30. The van der Waals surface area contributed by atoms with Gasteiger partial charge >= 0.3 is 5.97 Å². The fourth-order valence-corrected chi connectivity index (χ4v) is 7.29. The van der Waals surface area contributed by atoms with E-state index in [4.69, 9.17) is 10.5 Å². The van der Waals surface area contributed by atoms with Gasteiger partial charge < -0.3 is 25.4 Å². The molecule has 0 spiro atoms. The molecule has 2 aromatic heterocycles. The Kier molecular flexibility index (Phi) is 10.1. The summed E-state index contributed by atoms with van der Waals surface area (Å²) in [5.74, 6) is -3.60. The van der Waals surface area contributed by atoms with E-state index in [0.29, 0.717) is 24.3 Å². The van der Waals surface area contributed by atoms with E-state index in [2.05, 4.69) is 30.2 Å². The van der Waals surface area contributed by atoms with E-state index in [1.165, 1.54) is 24.4 Å². The number of carbonyl (C=O) groups excluding carboxylic acids is 5. The molecule has 0 aliphatic carbocycles. The Morgan fingerprint density at radius 1 is 0.925 bits per heavy atom. The van der Waals surface area contributed by atoms with Gasteiger partial charge in [0.15, 0.2) is 18.1 Å². The van der Waals surface area contributed by atoms with Crippen LogP contribution < -0.4 is 15.8 Å². The molecule has 4 aliphatic rings. The molecule has 3 fully saturated rings. The number of rotatable bonds is 11. The molecule has 7 rings (SSSR count). The second kappa shape index (κ2) is 15.1. The van der Waals surface area contributed by atoms with Crippen LogP contribution in [0.1, 0.15) is 69.4 Å². The number of carbonyl (C=O) groups is 6. The summed E-state index contributed by atoms with van der Waals surface area (Å²) in [5, 5.41) is 16.0. The van der Waals surface area contributed by atoms with Gasteiger partial charge in [0.1, 0.15) is 11.8 Å². The third-order valence-electron chi connectivity index (χ3n) is 10.3. The number of piperidine rings is 2. The number of nitrogens with one attached hydrogen (secondary N) is 1. The highest BCUT2D eigenvalue weighted by molar-refractivity contribution is 6.23. The lowest BCUT2D eigenvalue weighted by Gasteiger charge is -2.36. The highest BCUT2D eigenvalue weighted by Gasteiger charge is 2.44. The van der Waals surface area contributed by atoms with Crippen LogP contribution in [0.5, 0.6) is 5.75 Å². The maximum atomic E-state index is 13.1. The number of imide groups is 2. The smallest absolute Gasteiger partial charge is 0.358 e. The number of hydrogen-bond donors (Lipinski definition) is 3. The number of nitrogen functional groups attached to an aromatic ring is 1. The van der Waals surface area contributed by atoms with Crippen molar-refractivity contribution in [3.63, 3.8) is 0 Å². The Balaban J connectivity index is 0.804. The fraction of sp³-hybridized carbons (Fsp3) is 0.457.